The highest BCUT2D eigenvalue weighted by atomic mass is 79.9. The average Bonchev–Trinajstić information content (AvgIpc) is 2.94. The smallest absolute Gasteiger partial charge is 0.119 e. The highest BCUT2D eigenvalue weighted by Crippen LogP contribution is 2.30. The Hall–Kier alpha value is -1.30. The third kappa shape index (κ3) is 3.42. The van der Waals surface area contributed by atoms with Gasteiger partial charge < -0.3 is 14.9 Å². The van der Waals surface area contributed by atoms with Crippen molar-refractivity contribution in [1.29, 1.82) is 0 Å². The van der Waals surface area contributed by atoms with Crippen LogP contribution >= 0.6 is 15.9 Å². The minimum absolute atomic E-state index is 0.0876. The molecule has 108 valence electrons. The van der Waals surface area contributed by atoms with Gasteiger partial charge in [-0.1, -0.05) is 15.9 Å². The highest BCUT2D eigenvalue weighted by molar-refractivity contribution is 9.10. The van der Waals surface area contributed by atoms with E-state index in [0.29, 0.717) is 13.1 Å². The van der Waals surface area contributed by atoms with Gasteiger partial charge in [-0.15, -0.1) is 0 Å². The Kier molecular flexibility index (Phi) is 5.23. The first-order chi connectivity index (χ1) is 9.65. The van der Waals surface area contributed by atoms with Gasteiger partial charge in [-0.05, 0) is 42.9 Å². The summed E-state index contributed by atoms with van der Waals surface area (Å²) in [6, 6.07) is 9.86. The molecule has 0 saturated heterocycles. The lowest BCUT2D eigenvalue weighted by Crippen LogP contribution is -2.30. The van der Waals surface area contributed by atoms with Gasteiger partial charge in [-0.2, -0.15) is 0 Å². The molecule has 4 nitrogen and oxygen atoms in total. The normalized spacial score (nSPS) is 12.7. The molecule has 1 heterocycles. The summed E-state index contributed by atoms with van der Waals surface area (Å²) in [5.74, 6) is 1.75. The Bertz CT molecular complexity index is 543. The van der Waals surface area contributed by atoms with Gasteiger partial charge in [0.05, 0.1) is 19.9 Å². The maximum atomic E-state index is 5.96. The van der Waals surface area contributed by atoms with Crippen LogP contribution in [0.15, 0.2) is 45.5 Å². The van der Waals surface area contributed by atoms with E-state index in [-0.39, 0.29) is 6.04 Å². The summed E-state index contributed by atoms with van der Waals surface area (Å²) < 4.78 is 11.7. The minimum Gasteiger partial charge on any atom is -0.497 e. The van der Waals surface area contributed by atoms with E-state index in [1.807, 2.05) is 37.4 Å². The van der Waals surface area contributed by atoms with Gasteiger partial charge in [-0.25, -0.2) is 0 Å². The number of likely N-dealkylation sites (N-methyl/N-ethyl adjacent to an activating group) is 1. The number of nitrogens with two attached hydrogens (primary N) is 1. The van der Waals surface area contributed by atoms with E-state index in [4.69, 9.17) is 14.9 Å². The van der Waals surface area contributed by atoms with Crippen LogP contribution in [0.5, 0.6) is 5.75 Å². The molecule has 1 atom stereocenters. The first kappa shape index (κ1) is 15.1. The molecule has 0 spiro atoms. The van der Waals surface area contributed by atoms with Crippen LogP contribution in [0.4, 0.5) is 0 Å². The summed E-state index contributed by atoms with van der Waals surface area (Å²) in [6.07, 6.45) is 1.68. The van der Waals surface area contributed by atoms with Crippen LogP contribution in [-0.4, -0.2) is 25.6 Å². The topological polar surface area (TPSA) is 51.6 Å². The van der Waals surface area contributed by atoms with Gasteiger partial charge in [0, 0.05) is 17.1 Å². The molecule has 2 rings (SSSR count). The van der Waals surface area contributed by atoms with Gasteiger partial charge in [0.2, 0.25) is 0 Å². The van der Waals surface area contributed by atoms with Crippen molar-refractivity contribution in [2.75, 3.05) is 20.7 Å². The molecule has 0 aliphatic rings. The van der Waals surface area contributed by atoms with E-state index < -0.39 is 0 Å². The van der Waals surface area contributed by atoms with Crippen LogP contribution in [0.25, 0.3) is 0 Å². The zero-order valence-corrected chi connectivity index (χ0v) is 13.3. The molecule has 20 heavy (non-hydrogen) atoms. The summed E-state index contributed by atoms with van der Waals surface area (Å²) in [5, 5.41) is 0. The van der Waals surface area contributed by atoms with Gasteiger partial charge in [0.25, 0.3) is 0 Å². The Labute approximate surface area is 127 Å². The van der Waals surface area contributed by atoms with Crippen LogP contribution in [-0.2, 0) is 6.54 Å². The van der Waals surface area contributed by atoms with E-state index in [1.165, 1.54) is 0 Å². The molecule has 0 aliphatic carbocycles. The molecule has 0 fully saturated rings. The lowest BCUT2D eigenvalue weighted by Gasteiger charge is -2.27. The van der Waals surface area contributed by atoms with Crippen molar-refractivity contribution >= 4 is 15.9 Å². The Balaban J connectivity index is 2.22. The molecule has 0 amide bonds. The fraction of sp³-hybridized carbons (Fsp3) is 0.333. The van der Waals surface area contributed by atoms with Crippen molar-refractivity contribution in [3.8, 4) is 5.75 Å². The third-order valence-corrected chi connectivity index (χ3v) is 4.02. The molecule has 2 N–H and O–H groups in total. The summed E-state index contributed by atoms with van der Waals surface area (Å²) in [7, 11) is 3.70. The number of benzene rings is 1. The van der Waals surface area contributed by atoms with E-state index >= 15 is 0 Å². The van der Waals surface area contributed by atoms with Crippen LogP contribution in [0.1, 0.15) is 17.4 Å². The molecule has 0 radical (unpaired) electrons. The number of halogens is 1. The maximum Gasteiger partial charge on any atom is 0.119 e. The molecule has 1 aromatic carbocycles. The summed E-state index contributed by atoms with van der Waals surface area (Å²) >= 11 is 3.59. The molecule has 2 aromatic rings. The second-order valence-corrected chi connectivity index (χ2v) is 5.49. The van der Waals surface area contributed by atoms with Crippen LogP contribution < -0.4 is 10.5 Å². The third-order valence-electron chi connectivity index (χ3n) is 3.30. The number of methoxy groups -OCH3 is 1. The minimum atomic E-state index is 0.0876. The van der Waals surface area contributed by atoms with Gasteiger partial charge >= 0.3 is 0 Å². The average molecular weight is 339 g/mol. The van der Waals surface area contributed by atoms with E-state index in [0.717, 1.165) is 21.5 Å². The molecular formula is C15H19BrN2O2. The summed E-state index contributed by atoms with van der Waals surface area (Å²) in [5.41, 5.74) is 7.07. The second-order valence-electron chi connectivity index (χ2n) is 4.63. The Morgan fingerprint density at radius 3 is 2.80 bits per heavy atom. The highest BCUT2D eigenvalue weighted by Gasteiger charge is 2.19. The monoisotopic (exact) mass is 338 g/mol. The van der Waals surface area contributed by atoms with Crippen molar-refractivity contribution in [2.45, 2.75) is 12.6 Å². The molecule has 0 saturated carbocycles. The lowest BCUT2D eigenvalue weighted by molar-refractivity contribution is 0.222. The van der Waals surface area contributed by atoms with E-state index in [2.05, 4.69) is 20.8 Å². The molecule has 5 heteroatoms. The summed E-state index contributed by atoms with van der Waals surface area (Å²) in [6.45, 7) is 1.22. The molecule has 0 bridgehead atoms. The van der Waals surface area contributed by atoms with Crippen molar-refractivity contribution in [2.24, 2.45) is 5.73 Å². The van der Waals surface area contributed by atoms with Crippen molar-refractivity contribution < 1.29 is 9.15 Å². The quantitative estimate of drug-likeness (QED) is 0.878. The Morgan fingerprint density at radius 1 is 1.40 bits per heavy atom. The van der Waals surface area contributed by atoms with E-state index in [1.54, 1.807) is 13.4 Å². The molecule has 0 aliphatic heterocycles. The SMILES string of the molecule is COc1ccc(Br)c(C(CN)N(C)Cc2ccco2)c1. The number of ether oxygens (including phenoxy) is 1. The van der Waals surface area contributed by atoms with Gasteiger partial charge in [0.15, 0.2) is 0 Å². The Morgan fingerprint density at radius 2 is 2.20 bits per heavy atom. The number of nitrogens with zero attached hydrogens (tertiary/aromatic N) is 1. The van der Waals surface area contributed by atoms with Crippen LogP contribution in [0.3, 0.4) is 0 Å². The van der Waals surface area contributed by atoms with Crippen LogP contribution in [0, 0.1) is 0 Å². The lowest BCUT2D eigenvalue weighted by atomic mass is 10.1. The standard InChI is InChI=1S/C15H19BrN2O2/c1-18(10-12-4-3-7-20-12)15(9-17)13-8-11(19-2)5-6-14(13)16/h3-8,15H,9-10,17H2,1-2H3. The largest absolute Gasteiger partial charge is 0.497 e. The van der Waals surface area contributed by atoms with Crippen molar-refractivity contribution in [3.63, 3.8) is 0 Å². The second kappa shape index (κ2) is 6.92. The first-order valence-corrected chi connectivity index (χ1v) is 7.21. The number of hydrogen-bond donors (Lipinski definition) is 1. The zero-order chi connectivity index (χ0) is 14.5. The summed E-state index contributed by atoms with van der Waals surface area (Å²) in [4.78, 5) is 2.17. The van der Waals surface area contributed by atoms with E-state index in [9.17, 15) is 0 Å². The van der Waals surface area contributed by atoms with Crippen LogP contribution in [0.2, 0.25) is 0 Å². The van der Waals surface area contributed by atoms with Gasteiger partial charge in [-0.3, -0.25) is 4.90 Å². The number of furan rings is 1. The van der Waals surface area contributed by atoms with Crippen molar-refractivity contribution in [3.05, 3.63) is 52.4 Å². The number of hydrogen-bond acceptors (Lipinski definition) is 4. The van der Waals surface area contributed by atoms with Crippen molar-refractivity contribution in [1.82, 2.24) is 4.90 Å². The molecule has 1 aromatic heterocycles. The molecular weight excluding hydrogens is 320 g/mol. The fourth-order valence-corrected chi connectivity index (χ4v) is 2.72. The first-order valence-electron chi connectivity index (χ1n) is 6.41. The zero-order valence-electron chi connectivity index (χ0n) is 11.7. The van der Waals surface area contributed by atoms with Gasteiger partial charge in [0.1, 0.15) is 11.5 Å². The molecule has 1 unspecified atom stereocenters. The predicted octanol–water partition coefficient (Wildman–Crippen LogP) is 3.18. The maximum absolute atomic E-state index is 5.96. The number of rotatable bonds is 6. The fourth-order valence-electron chi connectivity index (χ4n) is 2.21. The predicted molar refractivity (Wildman–Crippen MR) is 82.7 cm³/mol.